The SMILES string of the molecule is C/C(=C1/SC(=Nc2ccncc2Cl)N(C2CCCCC2)C1=O)c1ccc(C)c(C)c1. The molecule has 0 radical (unpaired) electrons. The zero-order chi connectivity index (χ0) is 21.3. The highest BCUT2D eigenvalue weighted by molar-refractivity contribution is 8.18. The summed E-state index contributed by atoms with van der Waals surface area (Å²) >= 11 is 7.77. The Bertz CT molecular complexity index is 1040. The average molecular weight is 440 g/mol. The number of amidine groups is 1. The average Bonchev–Trinajstić information content (AvgIpc) is 3.07. The second-order valence-corrected chi connectivity index (χ2v) is 9.43. The summed E-state index contributed by atoms with van der Waals surface area (Å²) in [6.45, 7) is 6.24. The molecule has 1 saturated carbocycles. The molecule has 6 heteroatoms. The van der Waals surface area contributed by atoms with Crippen LogP contribution in [-0.2, 0) is 4.79 Å². The maximum absolute atomic E-state index is 13.6. The monoisotopic (exact) mass is 439 g/mol. The second kappa shape index (κ2) is 8.94. The largest absolute Gasteiger partial charge is 0.283 e. The van der Waals surface area contributed by atoms with E-state index in [0.29, 0.717) is 10.7 Å². The van der Waals surface area contributed by atoms with Crippen LogP contribution in [0.4, 0.5) is 5.69 Å². The van der Waals surface area contributed by atoms with Crippen LogP contribution >= 0.6 is 23.4 Å². The maximum atomic E-state index is 13.6. The van der Waals surface area contributed by atoms with Crippen LogP contribution in [0, 0.1) is 13.8 Å². The van der Waals surface area contributed by atoms with Crippen molar-refractivity contribution in [3.8, 4) is 0 Å². The number of amides is 1. The van der Waals surface area contributed by atoms with Crippen molar-refractivity contribution in [3.05, 3.63) is 63.3 Å². The number of hydrogen-bond donors (Lipinski definition) is 0. The minimum atomic E-state index is 0.0616. The molecule has 0 N–H and O–H groups in total. The van der Waals surface area contributed by atoms with Gasteiger partial charge >= 0.3 is 0 Å². The summed E-state index contributed by atoms with van der Waals surface area (Å²) in [6.07, 6.45) is 8.84. The molecule has 1 aliphatic carbocycles. The molecule has 0 atom stereocenters. The Morgan fingerprint density at radius 2 is 1.93 bits per heavy atom. The Labute approximate surface area is 187 Å². The molecule has 2 aliphatic rings. The van der Waals surface area contributed by atoms with Crippen molar-refractivity contribution >= 4 is 45.7 Å². The molecule has 1 aromatic heterocycles. The predicted molar refractivity (Wildman–Crippen MR) is 126 cm³/mol. The first-order valence-corrected chi connectivity index (χ1v) is 11.6. The van der Waals surface area contributed by atoms with Crippen molar-refractivity contribution < 1.29 is 4.79 Å². The molecule has 0 spiro atoms. The highest BCUT2D eigenvalue weighted by atomic mass is 35.5. The maximum Gasteiger partial charge on any atom is 0.267 e. The number of pyridine rings is 1. The van der Waals surface area contributed by atoms with Crippen molar-refractivity contribution in [2.75, 3.05) is 0 Å². The fourth-order valence-corrected chi connectivity index (χ4v) is 5.30. The van der Waals surface area contributed by atoms with E-state index in [1.165, 1.54) is 29.3 Å². The molecule has 1 aromatic carbocycles. The second-order valence-electron chi connectivity index (χ2n) is 8.04. The molecule has 2 fully saturated rings. The van der Waals surface area contributed by atoms with Crippen LogP contribution < -0.4 is 0 Å². The number of allylic oxidation sites excluding steroid dienone is 1. The van der Waals surface area contributed by atoms with E-state index in [4.69, 9.17) is 16.6 Å². The Morgan fingerprint density at radius 1 is 1.17 bits per heavy atom. The van der Waals surface area contributed by atoms with Gasteiger partial charge in [0.25, 0.3) is 5.91 Å². The van der Waals surface area contributed by atoms with E-state index in [9.17, 15) is 4.79 Å². The number of carbonyl (C=O) groups excluding carboxylic acids is 1. The number of aromatic nitrogens is 1. The van der Waals surface area contributed by atoms with E-state index >= 15 is 0 Å². The van der Waals surface area contributed by atoms with Crippen molar-refractivity contribution in [2.45, 2.75) is 58.9 Å². The fraction of sp³-hybridized carbons (Fsp3) is 0.375. The van der Waals surface area contributed by atoms with E-state index in [0.717, 1.165) is 46.9 Å². The first kappa shape index (κ1) is 21.1. The zero-order valence-electron chi connectivity index (χ0n) is 17.6. The van der Waals surface area contributed by atoms with Gasteiger partial charge in [-0.15, -0.1) is 0 Å². The number of nitrogens with zero attached hydrogens (tertiary/aromatic N) is 3. The minimum absolute atomic E-state index is 0.0616. The van der Waals surface area contributed by atoms with Crippen molar-refractivity contribution in [2.24, 2.45) is 4.99 Å². The van der Waals surface area contributed by atoms with Crippen LogP contribution in [-0.4, -0.2) is 27.0 Å². The lowest BCUT2D eigenvalue weighted by Gasteiger charge is -2.30. The number of thioether (sulfide) groups is 1. The molecule has 0 unspecified atom stereocenters. The van der Waals surface area contributed by atoms with Crippen molar-refractivity contribution in [1.82, 2.24) is 9.88 Å². The molecular weight excluding hydrogens is 414 g/mol. The summed E-state index contributed by atoms with van der Waals surface area (Å²) in [6, 6.07) is 8.35. The number of halogens is 1. The number of aliphatic imine (C=N–C) groups is 1. The highest BCUT2D eigenvalue weighted by Gasteiger charge is 2.39. The van der Waals surface area contributed by atoms with E-state index in [-0.39, 0.29) is 11.9 Å². The molecule has 2 aromatic rings. The zero-order valence-corrected chi connectivity index (χ0v) is 19.2. The minimum Gasteiger partial charge on any atom is -0.283 e. The summed E-state index contributed by atoms with van der Waals surface area (Å²) in [5, 5.41) is 1.21. The third kappa shape index (κ3) is 4.19. The molecule has 4 rings (SSSR count). The number of rotatable bonds is 3. The first-order chi connectivity index (χ1) is 14.5. The molecule has 1 saturated heterocycles. The lowest BCUT2D eigenvalue weighted by Crippen LogP contribution is -2.40. The lowest BCUT2D eigenvalue weighted by atomic mass is 9.94. The highest BCUT2D eigenvalue weighted by Crippen LogP contribution is 2.41. The Morgan fingerprint density at radius 3 is 2.63 bits per heavy atom. The van der Waals surface area contributed by atoms with E-state index < -0.39 is 0 Å². The standard InChI is InChI=1S/C24H26ClN3OS/c1-15-9-10-18(13-16(15)2)17(3)22-23(29)28(19-7-5-4-6-8-19)24(30-22)27-21-11-12-26-14-20(21)25/h9-14,19H,4-8H2,1-3H3/b22-17-,27-24?. The Kier molecular flexibility index (Phi) is 6.30. The summed E-state index contributed by atoms with van der Waals surface area (Å²) < 4.78 is 0. The summed E-state index contributed by atoms with van der Waals surface area (Å²) in [5.74, 6) is 0.0616. The summed E-state index contributed by atoms with van der Waals surface area (Å²) in [7, 11) is 0. The van der Waals surface area contributed by atoms with Crippen LogP contribution in [0.25, 0.3) is 5.57 Å². The number of benzene rings is 1. The molecule has 30 heavy (non-hydrogen) atoms. The van der Waals surface area contributed by atoms with Gasteiger partial charge in [-0.05, 0) is 73.7 Å². The van der Waals surface area contributed by atoms with Gasteiger partial charge < -0.3 is 0 Å². The van der Waals surface area contributed by atoms with Crippen molar-refractivity contribution in [1.29, 1.82) is 0 Å². The Balaban J connectivity index is 1.77. The van der Waals surface area contributed by atoms with Crippen molar-refractivity contribution in [3.63, 3.8) is 0 Å². The van der Waals surface area contributed by atoms with Crippen LogP contribution in [0.1, 0.15) is 55.7 Å². The van der Waals surface area contributed by atoms with Crippen LogP contribution in [0.15, 0.2) is 46.6 Å². The topological polar surface area (TPSA) is 45.6 Å². The van der Waals surface area contributed by atoms with Gasteiger partial charge in [0.1, 0.15) is 0 Å². The first-order valence-electron chi connectivity index (χ1n) is 10.4. The Hall–Kier alpha value is -2.11. The fourth-order valence-electron chi connectivity index (χ4n) is 4.02. The predicted octanol–water partition coefficient (Wildman–Crippen LogP) is 6.68. The van der Waals surface area contributed by atoms with Gasteiger partial charge in [0, 0.05) is 18.4 Å². The molecule has 2 heterocycles. The normalized spacial score (nSPS) is 20.9. The lowest BCUT2D eigenvalue weighted by molar-refractivity contribution is -0.124. The van der Waals surface area contributed by atoms with Crippen LogP contribution in [0.5, 0.6) is 0 Å². The van der Waals surface area contributed by atoms with Gasteiger partial charge in [0.2, 0.25) is 0 Å². The molecule has 156 valence electrons. The smallest absolute Gasteiger partial charge is 0.267 e. The van der Waals surface area contributed by atoms with E-state index in [2.05, 4.69) is 37.0 Å². The van der Waals surface area contributed by atoms with E-state index in [1.807, 2.05) is 11.8 Å². The third-order valence-corrected chi connectivity index (χ3v) is 7.45. The van der Waals surface area contributed by atoms with Gasteiger partial charge in [-0.2, -0.15) is 0 Å². The number of hydrogen-bond acceptors (Lipinski definition) is 4. The van der Waals surface area contributed by atoms with Crippen LogP contribution in [0.2, 0.25) is 5.02 Å². The third-order valence-electron chi connectivity index (χ3n) is 6.00. The van der Waals surface area contributed by atoms with Gasteiger partial charge in [-0.1, -0.05) is 49.1 Å². The van der Waals surface area contributed by atoms with Gasteiger partial charge in [-0.3, -0.25) is 14.7 Å². The molecule has 1 amide bonds. The van der Waals surface area contributed by atoms with Crippen LogP contribution in [0.3, 0.4) is 0 Å². The van der Waals surface area contributed by atoms with Gasteiger partial charge in [-0.25, -0.2) is 4.99 Å². The quantitative estimate of drug-likeness (QED) is 0.501. The van der Waals surface area contributed by atoms with E-state index in [1.54, 1.807) is 18.5 Å². The molecular formula is C24H26ClN3OS. The molecule has 1 aliphatic heterocycles. The number of aryl methyl sites for hydroxylation is 2. The summed E-state index contributed by atoms with van der Waals surface area (Å²) in [4.78, 5) is 25.1. The van der Waals surface area contributed by atoms with Gasteiger partial charge in [0.15, 0.2) is 5.17 Å². The number of carbonyl (C=O) groups is 1. The molecule has 4 nitrogen and oxygen atoms in total. The summed E-state index contributed by atoms with van der Waals surface area (Å²) in [5.41, 5.74) is 5.21. The molecule has 0 bridgehead atoms. The van der Waals surface area contributed by atoms with Gasteiger partial charge in [0.05, 0.1) is 15.6 Å².